The fourth-order valence-electron chi connectivity index (χ4n) is 1.95. The summed E-state index contributed by atoms with van der Waals surface area (Å²) in [5.74, 6) is -0.425. The van der Waals surface area contributed by atoms with Crippen LogP contribution in [0.2, 0.25) is 5.02 Å². The highest BCUT2D eigenvalue weighted by Crippen LogP contribution is 2.28. The summed E-state index contributed by atoms with van der Waals surface area (Å²) in [6.45, 7) is 0.209. The van der Waals surface area contributed by atoms with Crippen molar-refractivity contribution in [2.24, 2.45) is 5.73 Å². The standard InChI is InChI=1S/C15H14ClF3N2/c16-12-6-5-11(17)7-13(12)21-14(8-20)9-1-3-10(4-2-9)15(18)19/h1-7,14-15,21H,8,20H2. The van der Waals surface area contributed by atoms with E-state index >= 15 is 0 Å². The highest BCUT2D eigenvalue weighted by Gasteiger charge is 2.13. The molecule has 2 nitrogen and oxygen atoms in total. The molecule has 0 aliphatic carbocycles. The highest BCUT2D eigenvalue weighted by molar-refractivity contribution is 6.33. The number of benzene rings is 2. The van der Waals surface area contributed by atoms with Crippen LogP contribution in [-0.4, -0.2) is 6.54 Å². The third-order valence-corrected chi connectivity index (χ3v) is 3.41. The number of hydrogen-bond donors (Lipinski definition) is 2. The van der Waals surface area contributed by atoms with E-state index in [1.807, 2.05) is 0 Å². The minimum absolute atomic E-state index is 0.0571. The van der Waals surface area contributed by atoms with Gasteiger partial charge >= 0.3 is 0 Å². The van der Waals surface area contributed by atoms with Crippen LogP contribution in [0.25, 0.3) is 0 Å². The van der Waals surface area contributed by atoms with E-state index in [1.54, 1.807) is 12.1 Å². The monoisotopic (exact) mass is 314 g/mol. The van der Waals surface area contributed by atoms with E-state index in [0.29, 0.717) is 10.7 Å². The van der Waals surface area contributed by atoms with Crippen LogP contribution in [0.4, 0.5) is 18.9 Å². The van der Waals surface area contributed by atoms with Crippen LogP contribution in [0.5, 0.6) is 0 Å². The van der Waals surface area contributed by atoms with Crippen LogP contribution < -0.4 is 11.1 Å². The molecule has 0 spiro atoms. The number of nitrogens with one attached hydrogen (secondary N) is 1. The summed E-state index contributed by atoms with van der Waals surface area (Å²) in [7, 11) is 0. The number of anilines is 1. The highest BCUT2D eigenvalue weighted by atomic mass is 35.5. The van der Waals surface area contributed by atoms with Gasteiger partial charge in [-0.25, -0.2) is 13.2 Å². The summed E-state index contributed by atoms with van der Waals surface area (Å²) in [4.78, 5) is 0. The summed E-state index contributed by atoms with van der Waals surface area (Å²) in [5, 5.41) is 3.38. The Morgan fingerprint density at radius 2 is 1.67 bits per heavy atom. The van der Waals surface area contributed by atoms with Gasteiger partial charge in [0.2, 0.25) is 0 Å². The molecule has 3 N–H and O–H groups in total. The van der Waals surface area contributed by atoms with Gasteiger partial charge < -0.3 is 11.1 Å². The lowest BCUT2D eigenvalue weighted by Crippen LogP contribution is -2.20. The lowest BCUT2D eigenvalue weighted by molar-refractivity contribution is 0.151. The first-order valence-corrected chi connectivity index (χ1v) is 6.68. The van der Waals surface area contributed by atoms with Crippen molar-refractivity contribution < 1.29 is 13.2 Å². The van der Waals surface area contributed by atoms with E-state index in [0.717, 1.165) is 5.56 Å². The summed E-state index contributed by atoms with van der Waals surface area (Å²) in [6, 6.07) is 9.43. The van der Waals surface area contributed by atoms with Gasteiger partial charge in [0, 0.05) is 12.1 Å². The van der Waals surface area contributed by atoms with Gasteiger partial charge in [-0.3, -0.25) is 0 Å². The van der Waals surface area contributed by atoms with Crippen LogP contribution in [0.15, 0.2) is 42.5 Å². The predicted octanol–water partition coefficient (Wildman–Crippen LogP) is 4.53. The van der Waals surface area contributed by atoms with E-state index in [-0.39, 0.29) is 18.2 Å². The zero-order chi connectivity index (χ0) is 15.4. The molecule has 0 fully saturated rings. The summed E-state index contributed by atoms with van der Waals surface area (Å²) in [6.07, 6.45) is -2.51. The second-order valence-corrected chi connectivity index (χ2v) is 4.93. The molecule has 0 bridgehead atoms. The lowest BCUT2D eigenvalue weighted by Gasteiger charge is -2.20. The SMILES string of the molecule is NCC(Nc1cc(F)ccc1Cl)c1ccc(C(F)F)cc1. The Kier molecular flexibility index (Phi) is 5.09. The number of hydrogen-bond acceptors (Lipinski definition) is 2. The second-order valence-electron chi connectivity index (χ2n) is 4.52. The van der Waals surface area contributed by atoms with Crippen molar-refractivity contribution in [3.05, 3.63) is 64.4 Å². The van der Waals surface area contributed by atoms with E-state index in [2.05, 4.69) is 5.32 Å². The normalized spacial score (nSPS) is 12.5. The minimum atomic E-state index is -2.51. The van der Waals surface area contributed by atoms with Crippen molar-refractivity contribution in [2.75, 3.05) is 11.9 Å². The molecule has 0 aromatic heterocycles. The molecule has 1 atom stereocenters. The molecule has 6 heteroatoms. The maximum absolute atomic E-state index is 13.2. The van der Waals surface area contributed by atoms with Crippen LogP contribution in [0.3, 0.4) is 0 Å². The maximum Gasteiger partial charge on any atom is 0.263 e. The molecule has 0 saturated heterocycles. The fraction of sp³-hybridized carbons (Fsp3) is 0.200. The summed E-state index contributed by atoms with van der Waals surface area (Å²) in [5.41, 5.74) is 6.77. The summed E-state index contributed by atoms with van der Waals surface area (Å²) >= 11 is 5.98. The largest absolute Gasteiger partial charge is 0.376 e. The average Bonchev–Trinajstić information content (AvgIpc) is 2.48. The lowest BCUT2D eigenvalue weighted by atomic mass is 10.0. The molecule has 2 aromatic rings. The second kappa shape index (κ2) is 6.83. The van der Waals surface area contributed by atoms with Gasteiger partial charge in [0.15, 0.2) is 0 Å². The van der Waals surface area contributed by atoms with Crippen molar-refractivity contribution in [1.82, 2.24) is 0 Å². The van der Waals surface area contributed by atoms with Crippen LogP contribution in [0, 0.1) is 5.82 Å². The number of nitrogens with two attached hydrogens (primary N) is 1. The van der Waals surface area contributed by atoms with Crippen molar-refractivity contribution in [3.63, 3.8) is 0 Å². The van der Waals surface area contributed by atoms with Gasteiger partial charge in [-0.2, -0.15) is 0 Å². The first-order valence-electron chi connectivity index (χ1n) is 6.31. The van der Waals surface area contributed by atoms with Crippen LogP contribution in [0.1, 0.15) is 23.6 Å². The fourth-order valence-corrected chi connectivity index (χ4v) is 2.12. The molecule has 0 amide bonds. The number of alkyl halides is 2. The van der Waals surface area contributed by atoms with E-state index in [9.17, 15) is 13.2 Å². The topological polar surface area (TPSA) is 38.0 Å². The predicted molar refractivity (Wildman–Crippen MR) is 78.2 cm³/mol. The molecule has 0 aliphatic rings. The molecule has 2 rings (SSSR count). The van der Waals surface area contributed by atoms with Gasteiger partial charge in [-0.1, -0.05) is 35.9 Å². The molecule has 21 heavy (non-hydrogen) atoms. The summed E-state index contributed by atoms with van der Waals surface area (Å²) < 4.78 is 38.3. The Hall–Kier alpha value is -1.72. The molecule has 112 valence electrons. The Labute approximate surface area is 125 Å². The molecule has 0 heterocycles. The smallest absolute Gasteiger partial charge is 0.263 e. The third kappa shape index (κ3) is 3.89. The van der Waals surface area contributed by atoms with Crippen molar-refractivity contribution in [3.8, 4) is 0 Å². The first-order chi connectivity index (χ1) is 10.0. The molecular weight excluding hydrogens is 301 g/mol. The van der Waals surface area contributed by atoms with Gasteiger partial charge in [-0.05, 0) is 23.8 Å². The molecule has 0 aliphatic heterocycles. The Morgan fingerprint density at radius 3 is 2.24 bits per heavy atom. The van der Waals surface area contributed by atoms with Gasteiger partial charge in [0.1, 0.15) is 5.82 Å². The zero-order valence-electron chi connectivity index (χ0n) is 11.0. The Morgan fingerprint density at radius 1 is 1.05 bits per heavy atom. The van der Waals surface area contributed by atoms with Crippen molar-refractivity contribution in [2.45, 2.75) is 12.5 Å². The van der Waals surface area contributed by atoms with Gasteiger partial charge in [0.05, 0.1) is 16.8 Å². The molecule has 0 saturated carbocycles. The average molecular weight is 315 g/mol. The van der Waals surface area contributed by atoms with E-state index in [1.165, 1.54) is 30.3 Å². The molecule has 1 unspecified atom stereocenters. The quantitative estimate of drug-likeness (QED) is 0.851. The van der Waals surface area contributed by atoms with Crippen LogP contribution in [-0.2, 0) is 0 Å². The first kappa shape index (κ1) is 15.7. The number of halogens is 4. The van der Waals surface area contributed by atoms with Gasteiger partial charge in [-0.15, -0.1) is 0 Å². The third-order valence-electron chi connectivity index (χ3n) is 3.08. The molecular formula is C15H14ClF3N2. The van der Waals surface area contributed by atoms with Gasteiger partial charge in [0.25, 0.3) is 6.43 Å². The Bertz CT molecular complexity index is 602. The minimum Gasteiger partial charge on any atom is -0.376 e. The molecule has 0 radical (unpaired) electrons. The molecule has 2 aromatic carbocycles. The maximum atomic E-state index is 13.2. The van der Waals surface area contributed by atoms with Crippen LogP contribution >= 0.6 is 11.6 Å². The number of rotatable bonds is 5. The zero-order valence-corrected chi connectivity index (χ0v) is 11.7. The van der Waals surface area contributed by atoms with E-state index in [4.69, 9.17) is 17.3 Å². The van der Waals surface area contributed by atoms with Crippen molar-refractivity contribution >= 4 is 17.3 Å². The Balaban J connectivity index is 2.21. The van der Waals surface area contributed by atoms with E-state index < -0.39 is 12.2 Å². The van der Waals surface area contributed by atoms with Crippen molar-refractivity contribution in [1.29, 1.82) is 0 Å².